The Morgan fingerprint density at radius 3 is 2.75 bits per heavy atom. The molecule has 0 spiro atoms. The largest absolute Gasteiger partial charge is 0.444 e. The Bertz CT molecular complexity index is 711. The van der Waals surface area contributed by atoms with Gasteiger partial charge in [0, 0.05) is 25.6 Å². The lowest BCUT2D eigenvalue weighted by Crippen LogP contribution is -2.57. The summed E-state index contributed by atoms with van der Waals surface area (Å²) in [5.41, 5.74) is -0.550. The molecule has 2 N–H and O–H groups in total. The van der Waals surface area contributed by atoms with Gasteiger partial charge in [-0.1, -0.05) is 0 Å². The summed E-state index contributed by atoms with van der Waals surface area (Å²) in [5.74, 6) is 1.80. The third-order valence-corrected chi connectivity index (χ3v) is 5.22. The molecule has 0 saturated carbocycles. The molecule has 1 saturated heterocycles. The molecule has 28 heavy (non-hydrogen) atoms. The molecule has 3 amide bonds. The van der Waals surface area contributed by atoms with Crippen molar-refractivity contribution in [2.45, 2.75) is 90.6 Å². The van der Waals surface area contributed by atoms with E-state index in [0.717, 1.165) is 50.3 Å². The Hall–Kier alpha value is -2.32. The number of likely N-dealkylation sites (tertiary alicyclic amines) is 1. The van der Waals surface area contributed by atoms with Crippen molar-refractivity contribution in [3.05, 3.63) is 11.6 Å². The van der Waals surface area contributed by atoms with Crippen molar-refractivity contribution in [1.82, 2.24) is 30.3 Å². The van der Waals surface area contributed by atoms with Gasteiger partial charge in [-0.2, -0.15) is 0 Å². The number of rotatable bonds is 4. The molecule has 2 aliphatic heterocycles. The third kappa shape index (κ3) is 4.94. The standard InChI is InChI=1S/C19H32N6O3/c1-13(21-18(27)28-19(2,3)4)14-8-5-6-10-24(14)17(26)20-12-16-23-22-15-9-7-11-25(15)16/h13-14H,5-12H2,1-4H3,(H,20,26)(H,21,27)/t13-,14-/m0/s1. The number of urea groups is 1. The van der Waals surface area contributed by atoms with Crippen LogP contribution in [0, 0.1) is 0 Å². The number of carbonyl (C=O) groups excluding carboxylic acids is 2. The molecule has 1 fully saturated rings. The molecule has 9 nitrogen and oxygen atoms in total. The van der Waals surface area contributed by atoms with Crippen LogP contribution in [0.2, 0.25) is 0 Å². The first-order chi connectivity index (χ1) is 13.2. The van der Waals surface area contributed by atoms with Gasteiger partial charge in [0.05, 0.1) is 12.6 Å². The number of alkyl carbamates (subject to hydrolysis) is 1. The number of aryl methyl sites for hydroxylation is 1. The molecule has 0 aliphatic carbocycles. The van der Waals surface area contributed by atoms with Crippen LogP contribution in [0.25, 0.3) is 0 Å². The molecule has 0 aromatic carbocycles. The predicted molar refractivity (Wildman–Crippen MR) is 104 cm³/mol. The average molecular weight is 393 g/mol. The lowest BCUT2D eigenvalue weighted by molar-refractivity contribution is 0.0462. The van der Waals surface area contributed by atoms with Crippen molar-refractivity contribution in [3.63, 3.8) is 0 Å². The third-order valence-electron chi connectivity index (χ3n) is 5.22. The maximum absolute atomic E-state index is 12.8. The monoisotopic (exact) mass is 392 g/mol. The summed E-state index contributed by atoms with van der Waals surface area (Å²) in [6.45, 7) is 9.37. The van der Waals surface area contributed by atoms with E-state index in [0.29, 0.717) is 13.1 Å². The first kappa shape index (κ1) is 20.4. The summed E-state index contributed by atoms with van der Waals surface area (Å²) in [6, 6.07) is -0.387. The summed E-state index contributed by atoms with van der Waals surface area (Å²) in [6.07, 6.45) is 4.42. The normalized spacial score (nSPS) is 20.4. The minimum Gasteiger partial charge on any atom is -0.444 e. The van der Waals surface area contributed by atoms with Gasteiger partial charge in [0.25, 0.3) is 0 Å². The fourth-order valence-corrected chi connectivity index (χ4v) is 3.92. The molecule has 0 radical (unpaired) electrons. The highest BCUT2D eigenvalue weighted by Gasteiger charge is 2.32. The van der Waals surface area contributed by atoms with Crippen LogP contribution in [0.4, 0.5) is 9.59 Å². The minimum absolute atomic E-state index is 0.0645. The molecular formula is C19H32N6O3. The lowest BCUT2D eigenvalue weighted by atomic mass is 9.97. The first-order valence-electron chi connectivity index (χ1n) is 10.2. The highest BCUT2D eigenvalue weighted by molar-refractivity contribution is 5.75. The minimum atomic E-state index is -0.550. The molecular weight excluding hydrogens is 360 g/mol. The molecule has 1 aromatic heterocycles. The summed E-state index contributed by atoms with van der Waals surface area (Å²) in [4.78, 5) is 26.8. The summed E-state index contributed by atoms with van der Waals surface area (Å²) < 4.78 is 7.43. The van der Waals surface area contributed by atoms with E-state index in [1.807, 2.05) is 32.6 Å². The van der Waals surface area contributed by atoms with Gasteiger partial charge in [-0.3, -0.25) is 0 Å². The average Bonchev–Trinajstić information content (AvgIpc) is 3.22. The van der Waals surface area contributed by atoms with Gasteiger partial charge in [0.2, 0.25) is 0 Å². The number of amides is 3. The van der Waals surface area contributed by atoms with Gasteiger partial charge in [0.1, 0.15) is 11.4 Å². The zero-order valence-electron chi connectivity index (χ0n) is 17.3. The van der Waals surface area contributed by atoms with Crippen LogP contribution in [-0.4, -0.2) is 56.0 Å². The zero-order valence-corrected chi connectivity index (χ0v) is 17.3. The van der Waals surface area contributed by atoms with Gasteiger partial charge in [-0.05, 0) is 53.4 Å². The molecule has 156 valence electrons. The molecule has 0 bridgehead atoms. The number of nitrogens with zero attached hydrogens (tertiary/aromatic N) is 4. The SMILES string of the molecule is C[C@H](NC(=O)OC(C)(C)C)[C@@H]1CCCCN1C(=O)NCc1nnc2n1CCC2. The zero-order chi connectivity index (χ0) is 20.3. The maximum atomic E-state index is 12.8. The van der Waals surface area contributed by atoms with Crippen LogP contribution in [0.3, 0.4) is 0 Å². The summed E-state index contributed by atoms with van der Waals surface area (Å²) in [7, 11) is 0. The van der Waals surface area contributed by atoms with Crippen LogP contribution < -0.4 is 10.6 Å². The van der Waals surface area contributed by atoms with Crippen molar-refractivity contribution < 1.29 is 14.3 Å². The Labute approximate surface area is 166 Å². The fourth-order valence-electron chi connectivity index (χ4n) is 3.92. The molecule has 0 unspecified atom stereocenters. The lowest BCUT2D eigenvalue weighted by Gasteiger charge is -2.39. The Kier molecular flexibility index (Phi) is 6.10. The molecule has 9 heteroatoms. The number of piperidine rings is 1. The second-order valence-corrected chi connectivity index (χ2v) is 8.64. The van der Waals surface area contributed by atoms with Gasteiger partial charge < -0.3 is 24.8 Å². The molecule has 3 heterocycles. The van der Waals surface area contributed by atoms with Gasteiger partial charge >= 0.3 is 12.1 Å². The van der Waals surface area contributed by atoms with E-state index in [1.54, 1.807) is 0 Å². The number of fused-ring (bicyclic) bond motifs is 1. The maximum Gasteiger partial charge on any atom is 0.407 e. The molecule has 3 rings (SSSR count). The van der Waals surface area contributed by atoms with E-state index in [2.05, 4.69) is 25.4 Å². The number of ether oxygens (including phenoxy) is 1. The quantitative estimate of drug-likeness (QED) is 0.818. The number of aromatic nitrogens is 3. The molecule has 2 atom stereocenters. The molecule has 2 aliphatic rings. The number of carbonyl (C=O) groups is 2. The second kappa shape index (κ2) is 8.36. The van der Waals surface area contributed by atoms with Gasteiger partial charge in [0.15, 0.2) is 5.82 Å². The van der Waals surface area contributed by atoms with Gasteiger partial charge in [-0.15, -0.1) is 10.2 Å². The van der Waals surface area contributed by atoms with Crippen LogP contribution in [0.15, 0.2) is 0 Å². The van der Waals surface area contributed by atoms with E-state index in [1.165, 1.54) is 0 Å². The van der Waals surface area contributed by atoms with E-state index in [9.17, 15) is 9.59 Å². The predicted octanol–water partition coefficient (Wildman–Crippen LogP) is 2.20. The van der Waals surface area contributed by atoms with E-state index in [4.69, 9.17) is 4.74 Å². The number of hydrogen-bond acceptors (Lipinski definition) is 5. The first-order valence-corrected chi connectivity index (χ1v) is 10.2. The van der Waals surface area contributed by atoms with Crippen molar-refractivity contribution >= 4 is 12.1 Å². The van der Waals surface area contributed by atoms with Crippen LogP contribution in [-0.2, 0) is 24.2 Å². The van der Waals surface area contributed by atoms with Crippen molar-refractivity contribution in [1.29, 1.82) is 0 Å². The second-order valence-electron chi connectivity index (χ2n) is 8.64. The summed E-state index contributed by atoms with van der Waals surface area (Å²) >= 11 is 0. The van der Waals surface area contributed by atoms with Crippen LogP contribution in [0.5, 0.6) is 0 Å². The topological polar surface area (TPSA) is 101 Å². The highest BCUT2D eigenvalue weighted by Crippen LogP contribution is 2.21. The Morgan fingerprint density at radius 2 is 2.00 bits per heavy atom. The molecule has 1 aromatic rings. The summed E-state index contributed by atoms with van der Waals surface area (Å²) in [5, 5.41) is 14.2. The smallest absolute Gasteiger partial charge is 0.407 e. The fraction of sp³-hybridized carbons (Fsp3) is 0.789. The Balaban J connectivity index is 1.57. The van der Waals surface area contributed by atoms with E-state index < -0.39 is 11.7 Å². The number of nitrogens with one attached hydrogen (secondary N) is 2. The van der Waals surface area contributed by atoms with Gasteiger partial charge in [-0.25, -0.2) is 9.59 Å². The Morgan fingerprint density at radius 1 is 1.21 bits per heavy atom. The van der Waals surface area contributed by atoms with Crippen molar-refractivity contribution in [2.24, 2.45) is 0 Å². The van der Waals surface area contributed by atoms with Crippen LogP contribution >= 0.6 is 0 Å². The highest BCUT2D eigenvalue weighted by atomic mass is 16.6. The van der Waals surface area contributed by atoms with Crippen LogP contribution in [0.1, 0.15) is 65.0 Å². The van der Waals surface area contributed by atoms with E-state index in [-0.39, 0.29) is 18.1 Å². The van der Waals surface area contributed by atoms with E-state index >= 15 is 0 Å². The van der Waals surface area contributed by atoms with Crippen molar-refractivity contribution in [2.75, 3.05) is 6.54 Å². The number of hydrogen-bond donors (Lipinski definition) is 2. The van der Waals surface area contributed by atoms with Crippen molar-refractivity contribution in [3.8, 4) is 0 Å².